The maximum Gasteiger partial charge on any atom is 0.191 e. The van der Waals surface area contributed by atoms with Gasteiger partial charge in [-0.1, -0.05) is 55.4 Å². The summed E-state index contributed by atoms with van der Waals surface area (Å²) in [4.78, 5) is 0. The summed E-state index contributed by atoms with van der Waals surface area (Å²) in [6, 6.07) is 4.39. The molecule has 2 atom stereocenters. The van der Waals surface area contributed by atoms with Crippen LogP contribution in [0.3, 0.4) is 0 Å². The molecule has 1 rings (SSSR count). The number of benzene rings is 1. The van der Waals surface area contributed by atoms with Crippen LogP contribution in [-0.2, 0) is 8.85 Å². The maximum atomic E-state index is 9.80. The Balaban J connectivity index is 3.12. The standard InChI is InChI=1S/C30H52N2O4Si2/c1-21(19-35-37(11,12)29(5,6)7)17-33-27-23(3)25(15-31)26(16-32)24(4)28(27)34-18-22(2)20-36-38(13,14)30(8,9)10/h21-22H,17-20H2,1-14H3/t21-,22-/m1/s1. The van der Waals surface area contributed by atoms with Crippen LogP contribution in [0.25, 0.3) is 0 Å². The molecule has 0 heterocycles. The van der Waals surface area contributed by atoms with Gasteiger partial charge in [-0.05, 0) is 50.1 Å². The predicted octanol–water partition coefficient (Wildman–Crippen LogP) is 8.12. The minimum atomic E-state index is -1.86. The van der Waals surface area contributed by atoms with Crippen LogP contribution in [0.4, 0.5) is 0 Å². The Bertz CT molecular complexity index is 958. The normalized spacial score (nSPS) is 14.4. The van der Waals surface area contributed by atoms with E-state index in [1.54, 1.807) is 0 Å². The molecule has 8 heteroatoms. The van der Waals surface area contributed by atoms with Gasteiger partial charge in [0.2, 0.25) is 0 Å². The van der Waals surface area contributed by atoms with Gasteiger partial charge in [0.25, 0.3) is 0 Å². The average molecular weight is 561 g/mol. The molecule has 214 valence electrons. The first-order valence-electron chi connectivity index (χ1n) is 13.7. The van der Waals surface area contributed by atoms with Crippen LogP contribution in [0.1, 0.15) is 77.6 Å². The second-order valence-corrected chi connectivity index (χ2v) is 23.5. The highest BCUT2D eigenvalue weighted by Gasteiger charge is 2.38. The van der Waals surface area contributed by atoms with Gasteiger partial charge in [-0.3, -0.25) is 0 Å². The van der Waals surface area contributed by atoms with Crippen molar-refractivity contribution in [3.63, 3.8) is 0 Å². The first-order valence-corrected chi connectivity index (χ1v) is 19.5. The summed E-state index contributed by atoms with van der Waals surface area (Å²) in [5.74, 6) is 1.37. The SMILES string of the molecule is Cc1c(C#N)c(C#N)c(C)c(OC[C@@H](C)CO[Si](C)(C)C(C)(C)C)c1OC[C@@H](C)CO[Si](C)(C)C(C)(C)C. The first kappa shape index (κ1) is 34.2. The molecule has 6 nitrogen and oxygen atoms in total. The lowest BCUT2D eigenvalue weighted by Gasteiger charge is -2.37. The highest BCUT2D eigenvalue weighted by atomic mass is 28.4. The van der Waals surface area contributed by atoms with Gasteiger partial charge < -0.3 is 18.3 Å². The Morgan fingerprint density at radius 3 is 1.16 bits per heavy atom. The number of nitrogens with zero attached hydrogens (tertiary/aromatic N) is 2. The van der Waals surface area contributed by atoms with E-state index in [-0.39, 0.29) is 21.9 Å². The van der Waals surface area contributed by atoms with Crippen LogP contribution in [0.2, 0.25) is 36.3 Å². The number of ether oxygens (including phenoxy) is 2. The van der Waals surface area contributed by atoms with Gasteiger partial charge in [0.05, 0.1) is 24.3 Å². The number of nitriles is 2. The Kier molecular flexibility index (Phi) is 11.7. The van der Waals surface area contributed by atoms with Crippen molar-refractivity contribution < 1.29 is 18.3 Å². The third kappa shape index (κ3) is 8.58. The molecule has 0 unspecified atom stereocenters. The first-order chi connectivity index (χ1) is 17.2. The van der Waals surface area contributed by atoms with E-state index in [2.05, 4.69) is 93.7 Å². The van der Waals surface area contributed by atoms with Gasteiger partial charge in [-0.25, -0.2) is 0 Å². The van der Waals surface area contributed by atoms with Crippen molar-refractivity contribution in [3.05, 3.63) is 22.3 Å². The van der Waals surface area contributed by atoms with Gasteiger partial charge in [-0.2, -0.15) is 10.5 Å². The zero-order valence-corrected chi connectivity index (χ0v) is 28.5. The van der Waals surface area contributed by atoms with E-state index < -0.39 is 16.6 Å². The fraction of sp³-hybridized carbons (Fsp3) is 0.733. The van der Waals surface area contributed by atoms with E-state index in [1.807, 2.05) is 13.8 Å². The third-order valence-corrected chi connectivity index (χ3v) is 17.2. The molecule has 0 aliphatic rings. The summed E-state index contributed by atoms with van der Waals surface area (Å²) in [5.41, 5.74) is 1.94. The average Bonchev–Trinajstić information content (AvgIpc) is 2.79. The van der Waals surface area contributed by atoms with E-state index >= 15 is 0 Å². The molecule has 0 saturated heterocycles. The molecular formula is C30H52N2O4Si2. The topological polar surface area (TPSA) is 84.5 Å². The molecule has 0 radical (unpaired) electrons. The molecular weight excluding hydrogens is 509 g/mol. The number of hydrogen-bond donors (Lipinski definition) is 0. The molecule has 38 heavy (non-hydrogen) atoms. The van der Waals surface area contributed by atoms with Crippen molar-refractivity contribution in [1.82, 2.24) is 0 Å². The lowest BCUT2D eigenvalue weighted by atomic mass is 9.96. The van der Waals surface area contributed by atoms with Gasteiger partial charge in [0, 0.05) is 36.2 Å². The van der Waals surface area contributed by atoms with Crippen LogP contribution < -0.4 is 9.47 Å². The van der Waals surface area contributed by atoms with Crippen LogP contribution in [0, 0.1) is 48.3 Å². The van der Waals surface area contributed by atoms with Crippen molar-refractivity contribution in [2.24, 2.45) is 11.8 Å². The zero-order valence-electron chi connectivity index (χ0n) is 26.5. The summed E-state index contributed by atoms with van der Waals surface area (Å²) in [6.45, 7) is 32.3. The maximum absolute atomic E-state index is 9.80. The van der Waals surface area contributed by atoms with Gasteiger partial charge in [-0.15, -0.1) is 0 Å². The summed E-state index contributed by atoms with van der Waals surface area (Å²) in [5, 5.41) is 19.9. The van der Waals surface area contributed by atoms with Gasteiger partial charge in [0.15, 0.2) is 28.1 Å². The molecule has 0 aliphatic carbocycles. The minimum Gasteiger partial charge on any atom is -0.489 e. The Labute approximate surface area is 234 Å². The van der Waals surface area contributed by atoms with Crippen LogP contribution >= 0.6 is 0 Å². The van der Waals surface area contributed by atoms with Crippen LogP contribution in [0.5, 0.6) is 11.5 Å². The van der Waals surface area contributed by atoms with E-state index in [4.69, 9.17) is 18.3 Å². The van der Waals surface area contributed by atoms with Crippen molar-refractivity contribution >= 4 is 16.6 Å². The fourth-order valence-electron chi connectivity index (χ4n) is 3.25. The van der Waals surface area contributed by atoms with Crippen molar-refractivity contribution in [2.45, 2.75) is 106 Å². The van der Waals surface area contributed by atoms with Gasteiger partial charge >= 0.3 is 0 Å². The largest absolute Gasteiger partial charge is 0.489 e. The van der Waals surface area contributed by atoms with E-state index in [9.17, 15) is 10.5 Å². The highest BCUT2D eigenvalue weighted by Crippen LogP contribution is 2.41. The monoisotopic (exact) mass is 560 g/mol. The van der Waals surface area contributed by atoms with Crippen LogP contribution in [0.15, 0.2) is 0 Å². The second kappa shape index (κ2) is 13.0. The van der Waals surface area contributed by atoms with E-state index in [0.717, 1.165) is 0 Å². The Morgan fingerprint density at radius 1 is 0.632 bits per heavy atom. The van der Waals surface area contributed by atoms with E-state index in [1.165, 1.54) is 0 Å². The smallest absolute Gasteiger partial charge is 0.191 e. The molecule has 0 fully saturated rings. The number of rotatable bonds is 12. The predicted molar refractivity (Wildman–Crippen MR) is 161 cm³/mol. The third-order valence-electron chi connectivity index (χ3n) is 8.21. The summed E-state index contributed by atoms with van der Waals surface area (Å²) < 4.78 is 25.4. The second-order valence-electron chi connectivity index (χ2n) is 13.9. The summed E-state index contributed by atoms with van der Waals surface area (Å²) in [6.07, 6.45) is 0. The molecule has 1 aromatic carbocycles. The summed E-state index contributed by atoms with van der Waals surface area (Å²) >= 11 is 0. The minimum absolute atomic E-state index is 0.141. The molecule has 0 spiro atoms. The molecule has 0 aliphatic heterocycles. The molecule has 0 aromatic heterocycles. The molecule has 0 bridgehead atoms. The number of hydrogen-bond acceptors (Lipinski definition) is 6. The molecule has 1 aromatic rings. The lowest BCUT2D eigenvalue weighted by Crippen LogP contribution is -2.42. The van der Waals surface area contributed by atoms with Crippen molar-refractivity contribution in [1.29, 1.82) is 10.5 Å². The quantitative estimate of drug-likeness (QED) is 0.240. The fourth-order valence-corrected chi connectivity index (χ4v) is 5.52. The molecule has 0 N–H and O–H groups in total. The van der Waals surface area contributed by atoms with Crippen LogP contribution in [-0.4, -0.2) is 43.1 Å². The molecule has 0 amide bonds. The Morgan fingerprint density at radius 2 is 0.921 bits per heavy atom. The zero-order chi connectivity index (χ0) is 29.7. The van der Waals surface area contributed by atoms with Gasteiger partial charge in [0.1, 0.15) is 12.1 Å². The Hall–Kier alpha value is -1.85. The van der Waals surface area contributed by atoms with Crippen molar-refractivity contribution in [2.75, 3.05) is 26.4 Å². The van der Waals surface area contributed by atoms with Crippen molar-refractivity contribution in [3.8, 4) is 23.6 Å². The van der Waals surface area contributed by atoms with E-state index in [0.29, 0.717) is 60.2 Å². The highest BCUT2D eigenvalue weighted by molar-refractivity contribution is 6.74. The lowest BCUT2D eigenvalue weighted by molar-refractivity contribution is 0.158. The molecule has 0 saturated carbocycles. The summed E-state index contributed by atoms with van der Waals surface area (Å²) in [7, 11) is -3.72.